The van der Waals surface area contributed by atoms with Gasteiger partial charge < -0.3 is 15.0 Å². The zero-order chi connectivity index (χ0) is 13.4. The molecule has 1 aliphatic heterocycles. The van der Waals surface area contributed by atoms with E-state index >= 15 is 0 Å². The Morgan fingerprint density at radius 1 is 1.39 bits per heavy atom. The molecule has 0 aromatic rings. The predicted octanol–water partition coefficient (Wildman–Crippen LogP) is 0.955. The fraction of sp³-hybridized carbons (Fsp3) is 0.818. The van der Waals surface area contributed by atoms with Crippen molar-refractivity contribution in [2.45, 2.75) is 13.3 Å². The number of amides is 1. The fourth-order valence-corrected chi connectivity index (χ4v) is 2.08. The summed E-state index contributed by atoms with van der Waals surface area (Å²) in [5.74, 6) is 0. The number of nitrogens with one attached hydrogen (secondary N) is 1. The number of thiol groups is 1. The van der Waals surface area contributed by atoms with Crippen molar-refractivity contribution >= 4 is 35.3 Å². The number of piperazine rings is 1. The van der Waals surface area contributed by atoms with E-state index in [1.165, 1.54) is 0 Å². The third-order valence-electron chi connectivity index (χ3n) is 2.83. The van der Waals surface area contributed by atoms with Crippen LogP contribution < -0.4 is 5.32 Å². The summed E-state index contributed by atoms with van der Waals surface area (Å²) in [6, 6.07) is 0. The van der Waals surface area contributed by atoms with Crippen LogP contribution in [0.2, 0.25) is 0 Å². The molecule has 1 saturated heterocycles. The van der Waals surface area contributed by atoms with Gasteiger partial charge in [0.2, 0.25) is 0 Å². The maximum Gasteiger partial charge on any atom is 0.409 e. The third kappa shape index (κ3) is 5.88. The van der Waals surface area contributed by atoms with E-state index in [0.717, 1.165) is 45.7 Å². The van der Waals surface area contributed by atoms with Crippen molar-refractivity contribution < 1.29 is 9.53 Å². The summed E-state index contributed by atoms with van der Waals surface area (Å²) in [4.78, 5) is 15.6. The molecule has 1 N–H and O–H groups in total. The summed E-state index contributed by atoms with van der Waals surface area (Å²) in [5.41, 5.74) is 0. The number of hydrogen-bond donors (Lipinski definition) is 2. The average molecular weight is 291 g/mol. The SMILES string of the molecule is CCOC(=O)N1CCN(CCCNC(=S)S)CC1. The molecular formula is C11H21N3O2S2. The van der Waals surface area contributed by atoms with Gasteiger partial charge in [-0.05, 0) is 19.9 Å². The highest BCUT2D eigenvalue weighted by Gasteiger charge is 2.21. The molecule has 5 nitrogen and oxygen atoms in total. The first-order valence-electron chi connectivity index (χ1n) is 6.24. The summed E-state index contributed by atoms with van der Waals surface area (Å²) >= 11 is 8.82. The molecular weight excluding hydrogens is 270 g/mol. The summed E-state index contributed by atoms with van der Waals surface area (Å²) < 4.78 is 5.52. The van der Waals surface area contributed by atoms with E-state index < -0.39 is 0 Å². The summed E-state index contributed by atoms with van der Waals surface area (Å²) in [6.45, 7) is 7.44. The lowest BCUT2D eigenvalue weighted by Crippen LogP contribution is -2.49. The van der Waals surface area contributed by atoms with Crippen molar-refractivity contribution in [2.24, 2.45) is 0 Å². The molecule has 18 heavy (non-hydrogen) atoms. The Bertz CT molecular complexity index is 281. The molecule has 1 amide bonds. The van der Waals surface area contributed by atoms with Crippen molar-refractivity contribution in [3.05, 3.63) is 0 Å². The van der Waals surface area contributed by atoms with Crippen LogP contribution >= 0.6 is 24.8 Å². The Morgan fingerprint density at radius 2 is 2.06 bits per heavy atom. The van der Waals surface area contributed by atoms with E-state index in [4.69, 9.17) is 17.0 Å². The Morgan fingerprint density at radius 3 is 2.61 bits per heavy atom. The summed E-state index contributed by atoms with van der Waals surface area (Å²) in [5, 5.41) is 3.01. The van der Waals surface area contributed by atoms with Gasteiger partial charge in [0.25, 0.3) is 0 Å². The van der Waals surface area contributed by atoms with E-state index in [2.05, 4.69) is 22.8 Å². The monoisotopic (exact) mass is 291 g/mol. The smallest absolute Gasteiger partial charge is 0.409 e. The van der Waals surface area contributed by atoms with Crippen LogP contribution in [0.15, 0.2) is 0 Å². The van der Waals surface area contributed by atoms with Crippen LogP contribution in [-0.4, -0.2) is 66.1 Å². The van der Waals surface area contributed by atoms with Gasteiger partial charge in [-0.15, -0.1) is 12.6 Å². The third-order valence-corrected chi connectivity index (χ3v) is 3.13. The second-order valence-electron chi connectivity index (χ2n) is 4.11. The van der Waals surface area contributed by atoms with Crippen LogP contribution in [-0.2, 0) is 4.74 Å². The highest BCUT2D eigenvalue weighted by Crippen LogP contribution is 2.04. The minimum absolute atomic E-state index is 0.195. The van der Waals surface area contributed by atoms with Gasteiger partial charge in [-0.25, -0.2) is 4.79 Å². The molecule has 104 valence electrons. The first kappa shape index (κ1) is 15.5. The van der Waals surface area contributed by atoms with Gasteiger partial charge in [-0.2, -0.15) is 0 Å². The van der Waals surface area contributed by atoms with Crippen molar-refractivity contribution in [3.8, 4) is 0 Å². The van der Waals surface area contributed by atoms with E-state index in [1.54, 1.807) is 4.90 Å². The average Bonchev–Trinajstić information content (AvgIpc) is 2.35. The normalized spacial score (nSPS) is 16.4. The second-order valence-corrected chi connectivity index (χ2v) is 5.27. The molecule has 0 unspecified atom stereocenters. The van der Waals surface area contributed by atoms with Crippen molar-refractivity contribution in [1.29, 1.82) is 0 Å². The quantitative estimate of drug-likeness (QED) is 0.449. The maximum atomic E-state index is 11.5. The van der Waals surface area contributed by atoms with Crippen LogP contribution in [0.1, 0.15) is 13.3 Å². The van der Waals surface area contributed by atoms with Crippen molar-refractivity contribution in [3.63, 3.8) is 0 Å². The predicted molar refractivity (Wildman–Crippen MR) is 79.2 cm³/mol. The first-order chi connectivity index (χ1) is 8.63. The lowest BCUT2D eigenvalue weighted by atomic mass is 10.3. The zero-order valence-electron chi connectivity index (χ0n) is 10.7. The van der Waals surface area contributed by atoms with E-state index in [-0.39, 0.29) is 6.09 Å². The molecule has 0 aromatic heterocycles. The topological polar surface area (TPSA) is 44.8 Å². The highest BCUT2D eigenvalue weighted by molar-refractivity contribution is 8.11. The number of hydrogen-bond acceptors (Lipinski definition) is 4. The molecule has 1 heterocycles. The lowest BCUT2D eigenvalue weighted by molar-refractivity contribution is 0.0795. The van der Waals surface area contributed by atoms with Gasteiger partial charge in [-0.3, -0.25) is 4.90 Å². The molecule has 0 spiro atoms. The van der Waals surface area contributed by atoms with Gasteiger partial charge in [0.05, 0.1) is 6.61 Å². The molecule has 0 radical (unpaired) electrons. The Labute approximate surface area is 119 Å². The molecule has 1 aliphatic rings. The van der Waals surface area contributed by atoms with Gasteiger partial charge in [0.1, 0.15) is 4.32 Å². The fourth-order valence-electron chi connectivity index (χ4n) is 1.87. The number of ether oxygens (including phenoxy) is 1. The molecule has 0 aliphatic carbocycles. The molecule has 0 bridgehead atoms. The van der Waals surface area contributed by atoms with Crippen LogP contribution in [0.25, 0.3) is 0 Å². The molecule has 1 rings (SSSR count). The van der Waals surface area contributed by atoms with Crippen LogP contribution in [0.4, 0.5) is 4.79 Å². The Kier molecular flexibility index (Phi) is 7.38. The lowest BCUT2D eigenvalue weighted by Gasteiger charge is -2.33. The van der Waals surface area contributed by atoms with Crippen molar-refractivity contribution in [2.75, 3.05) is 45.9 Å². The number of carbonyl (C=O) groups is 1. The minimum Gasteiger partial charge on any atom is -0.450 e. The van der Waals surface area contributed by atoms with E-state index in [9.17, 15) is 4.79 Å². The largest absolute Gasteiger partial charge is 0.450 e. The first-order valence-corrected chi connectivity index (χ1v) is 7.10. The van der Waals surface area contributed by atoms with Gasteiger partial charge in [-0.1, -0.05) is 12.2 Å². The van der Waals surface area contributed by atoms with E-state index in [0.29, 0.717) is 10.9 Å². The van der Waals surface area contributed by atoms with Gasteiger partial charge >= 0.3 is 6.09 Å². The van der Waals surface area contributed by atoms with Crippen molar-refractivity contribution in [1.82, 2.24) is 15.1 Å². The molecule has 0 atom stereocenters. The molecule has 1 fully saturated rings. The van der Waals surface area contributed by atoms with Gasteiger partial charge in [0.15, 0.2) is 0 Å². The second kappa shape index (κ2) is 8.55. The number of thiocarbonyl (C=S) groups is 1. The maximum absolute atomic E-state index is 11.5. The highest BCUT2D eigenvalue weighted by atomic mass is 32.1. The minimum atomic E-state index is -0.195. The summed E-state index contributed by atoms with van der Waals surface area (Å²) in [6.07, 6.45) is 0.833. The Balaban J connectivity index is 2.11. The summed E-state index contributed by atoms with van der Waals surface area (Å²) in [7, 11) is 0. The molecule has 0 saturated carbocycles. The molecule has 0 aromatic carbocycles. The van der Waals surface area contributed by atoms with E-state index in [1.807, 2.05) is 6.92 Å². The van der Waals surface area contributed by atoms with Crippen LogP contribution in [0.3, 0.4) is 0 Å². The number of rotatable bonds is 5. The van der Waals surface area contributed by atoms with Gasteiger partial charge in [0, 0.05) is 32.7 Å². The standard InChI is InChI=1S/C11H21N3O2S2/c1-2-16-11(15)14-8-6-13(7-9-14)5-3-4-12-10(17)18/h2-9H2,1H3,(H2,12,17,18). The molecule has 7 heteroatoms. The Hall–Kier alpha value is -0.530. The number of nitrogens with zero attached hydrogens (tertiary/aromatic N) is 2. The zero-order valence-corrected chi connectivity index (χ0v) is 12.4. The van der Waals surface area contributed by atoms with Crippen LogP contribution in [0, 0.1) is 0 Å². The van der Waals surface area contributed by atoms with Crippen LogP contribution in [0.5, 0.6) is 0 Å². The number of carbonyl (C=O) groups excluding carboxylic acids is 1.